The van der Waals surface area contributed by atoms with Crippen LogP contribution in [0, 0.1) is 6.92 Å². The monoisotopic (exact) mass is 577 g/mol. The van der Waals surface area contributed by atoms with Crippen LogP contribution < -0.4 is 25.3 Å². The molecule has 0 bridgehead atoms. The van der Waals surface area contributed by atoms with Gasteiger partial charge in [0.25, 0.3) is 5.91 Å². The Kier molecular flexibility index (Phi) is 10.3. The van der Waals surface area contributed by atoms with Gasteiger partial charge in [-0.2, -0.15) is 0 Å². The number of methoxy groups -OCH3 is 2. The lowest BCUT2D eigenvalue weighted by molar-refractivity contribution is 0.0848. The lowest BCUT2D eigenvalue weighted by Crippen LogP contribution is -2.41. The second kappa shape index (κ2) is 14.1. The molecule has 216 valence electrons. The van der Waals surface area contributed by atoms with E-state index in [2.05, 4.69) is 18.3 Å². The SMILES string of the molecule is COc1cc(C(=O)N[C@H](CCCCN)C(=O)c2ccc(OC)c(-c3csc4c(C)cccc34)n2)ccc1OCCO. The lowest BCUT2D eigenvalue weighted by atomic mass is 10.0. The molecule has 0 aliphatic rings. The number of aryl methyl sites for hydroxylation is 1. The molecule has 4 aromatic rings. The molecule has 0 spiro atoms. The molecule has 0 unspecified atom stereocenters. The summed E-state index contributed by atoms with van der Waals surface area (Å²) in [5, 5.41) is 15.0. The standard InChI is InChI=1S/C31H35N3O6S/c1-19-7-6-8-21-22(18-41-30(19)21)28-26(38-2)13-11-24(33-28)29(36)23(9-4-5-14-32)34-31(37)20-10-12-25(40-16-15-35)27(17-20)39-3/h6-8,10-13,17-18,23,35H,4-5,9,14-16,32H2,1-3H3,(H,34,37)/t23-/m1/s1. The van der Waals surface area contributed by atoms with Crippen LogP contribution >= 0.6 is 11.3 Å². The minimum absolute atomic E-state index is 0.0945. The lowest BCUT2D eigenvalue weighted by Gasteiger charge is -2.19. The average Bonchev–Trinajstić information content (AvgIpc) is 3.44. The summed E-state index contributed by atoms with van der Waals surface area (Å²) in [6.45, 7) is 2.49. The first-order chi connectivity index (χ1) is 19.9. The van der Waals surface area contributed by atoms with Crippen molar-refractivity contribution in [3.05, 3.63) is 70.7 Å². The van der Waals surface area contributed by atoms with Crippen molar-refractivity contribution in [2.45, 2.75) is 32.2 Å². The molecule has 2 aromatic carbocycles. The molecule has 0 fully saturated rings. The average molecular weight is 578 g/mol. The highest BCUT2D eigenvalue weighted by Gasteiger charge is 2.26. The number of pyridine rings is 1. The van der Waals surface area contributed by atoms with Gasteiger partial charge in [0.15, 0.2) is 11.5 Å². The Morgan fingerprint density at radius 3 is 2.56 bits per heavy atom. The number of hydrogen-bond acceptors (Lipinski definition) is 9. The van der Waals surface area contributed by atoms with Crippen molar-refractivity contribution in [1.29, 1.82) is 0 Å². The first kappa shape index (κ1) is 30.0. The van der Waals surface area contributed by atoms with Gasteiger partial charge in [-0.05, 0) is 68.6 Å². The zero-order valence-electron chi connectivity index (χ0n) is 23.4. The predicted octanol–water partition coefficient (Wildman–Crippen LogP) is 4.77. The third-order valence-electron chi connectivity index (χ3n) is 6.73. The van der Waals surface area contributed by atoms with Gasteiger partial charge in [-0.15, -0.1) is 11.3 Å². The third kappa shape index (κ3) is 6.84. The highest BCUT2D eigenvalue weighted by Crippen LogP contribution is 2.39. The Hall–Kier alpha value is -3.99. The number of benzene rings is 2. The molecule has 1 atom stereocenters. The van der Waals surface area contributed by atoms with E-state index in [-0.39, 0.29) is 24.7 Å². The number of carbonyl (C=O) groups excluding carboxylic acids is 2. The molecule has 0 saturated carbocycles. The molecule has 4 N–H and O–H groups in total. The van der Waals surface area contributed by atoms with Crippen molar-refractivity contribution in [1.82, 2.24) is 10.3 Å². The number of Topliss-reactive ketones (excluding diaryl/α,β-unsaturated/α-hetero) is 1. The summed E-state index contributed by atoms with van der Waals surface area (Å²) in [4.78, 5) is 31.9. The number of aliphatic hydroxyl groups excluding tert-OH is 1. The van der Waals surface area contributed by atoms with Gasteiger partial charge in [-0.1, -0.05) is 18.2 Å². The Labute approximate surface area is 243 Å². The summed E-state index contributed by atoms with van der Waals surface area (Å²) >= 11 is 1.62. The van der Waals surface area contributed by atoms with Gasteiger partial charge in [0.1, 0.15) is 23.7 Å². The van der Waals surface area contributed by atoms with Gasteiger partial charge in [0.05, 0.1) is 26.9 Å². The number of carbonyl (C=O) groups is 2. The van der Waals surface area contributed by atoms with E-state index in [4.69, 9.17) is 30.0 Å². The second-order valence-electron chi connectivity index (χ2n) is 9.46. The van der Waals surface area contributed by atoms with Crippen LogP contribution in [-0.4, -0.2) is 61.8 Å². The number of nitrogens with one attached hydrogen (secondary N) is 1. The van der Waals surface area contributed by atoms with E-state index in [0.29, 0.717) is 54.3 Å². The fraction of sp³-hybridized carbons (Fsp3) is 0.323. The van der Waals surface area contributed by atoms with Crippen LogP contribution in [0.2, 0.25) is 0 Å². The molecule has 0 aliphatic carbocycles. The van der Waals surface area contributed by atoms with Crippen LogP contribution in [0.25, 0.3) is 21.3 Å². The number of aliphatic hydroxyl groups is 1. The van der Waals surface area contributed by atoms with E-state index < -0.39 is 11.9 Å². The number of amides is 1. The zero-order chi connectivity index (χ0) is 29.4. The number of hydrogen-bond donors (Lipinski definition) is 3. The maximum atomic E-state index is 13.8. The second-order valence-corrected chi connectivity index (χ2v) is 10.3. The molecule has 1 amide bonds. The van der Waals surface area contributed by atoms with Gasteiger partial charge in [-0.25, -0.2) is 4.98 Å². The van der Waals surface area contributed by atoms with Gasteiger partial charge >= 0.3 is 0 Å². The van der Waals surface area contributed by atoms with Crippen molar-refractivity contribution in [3.8, 4) is 28.5 Å². The number of thiophene rings is 1. The van der Waals surface area contributed by atoms with Crippen LogP contribution in [0.15, 0.2) is 53.9 Å². The number of unbranched alkanes of at least 4 members (excludes halogenated alkanes) is 1. The first-order valence-corrected chi connectivity index (χ1v) is 14.3. The Morgan fingerprint density at radius 2 is 1.83 bits per heavy atom. The summed E-state index contributed by atoms with van der Waals surface area (Å²) in [6, 6.07) is 13.4. The van der Waals surface area contributed by atoms with Crippen molar-refractivity contribution in [2.24, 2.45) is 5.73 Å². The molecule has 0 radical (unpaired) electrons. The zero-order valence-corrected chi connectivity index (χ0v) is 24.3. The van der Waals surface area contributed by atoms with Crippen molar-refractivity contribution in [3.63, 3.8) is 0 Å². The Balaban J connectivity index is 1.64. The molecule has 9 nitrogen and oxygen atoms in total. The molecule has 2 aromatic heterocycles. The van der Waals surface area contributed by atoms with E-state index in [1.165, 1.54) is 13.2 Å². The number of ether oxygens (including phenoxy) is 3. The van der Waals surface area contributed by atoms with E-state index in [9.17, 15) is 9.59 Å². The van der Waals surface area contributed by atoms with Crippen LogP contribution in [0.4, 0.5) is 0 Å². The maximum Gasteiger partial charge on any atom is 0.252 e. The molecule has 10 heteroatoms. The fourth-order valence-corrected chi connectivity index (χ4v) is 5.63. The summed E-state index contributed by atoms with van der Waals surface area (Å²) in [5.74, 6) is 0.569. The molecular formula is C31H35N3O6S. The number of aromatic nitrogens is 1. The predicted molar refractivity (Wildman–Crippen MR) is 160 cm³/mol. The Bertz CT molecular complexity index is 1520. The number of ketones is 1. The summed E-state index contributed by atoms with van der Waals surface area (Å²) < 4.78 is 17.6. The topological polar surface area (TPSA) is 133 Å². The minimum atomic E-state index is -0.819. The van der Waals surface area contributed by atoms with Gasteiger partial charge in [-0.3, -0.25) is 9.59 Å². The van der Waals surface area contributed by atoms with Gasteiger partial charge < -0.3 is 30.4 Å². The molecule has 2 heterocycles. The van der Waals surface area contributed by atoms with Crippen molar-refractivity contribution in [2.75, 3.05) is 34.0 Å². The maximum absolute atomic E-state index is 13.8. The van der Waals surface area contributed by atoms with Gasteiger partial charge in [0.2, 0.25) is 5.78 Å². The van der Waals surface area contributed by atoms with Crippen molar-refractivity contribution >= 4 is 33.1 Å². The quantitative estimate of drug-likeness (QED) is 0.144. The molecule has 41 heavy (non-hydrogen) atoms. The van der Waals surface area contributed by atoms with Crippen LogP contribution in [0.3, 0.4) is 0 Å². The minimum Gasteiger partial charge on any atom is -0.494 e. The number of rotatable bonds is 14. The highest BCUT2D eigenvalue weighted by molar-refractivity contribution is 7.18. The summed E-state index contributed by atoms with van der Waals surface area (Å²) in [5.41, 5.74) is 8.86. The van der Waals surface area contributed by atoms with E-state index in [1.54, 1.807) is 42.7 Å². The molecule has 4 rings (SSSR count). The van der Waals surface area contributed by atoms with Gasteiger partial charge in [0, 0.05) is 26.6 Å². The van der Waals surface area contributed by atoms with Crippen LogP contribution in [0.1, 0.15) is 45.7 Å². The third-order valence-corrected chi connectivity index (χ3v) is 7.86. The van der Waals surface area contributed by atoms with Crippen LogP contribution in [-0.2, 0) is 0 Å². The number of fused-ring (bicyclic) bond motifs is 1. The van der Waals surface area contributed by atoms with E-state index in [0.717, 1.165) is 21.2 Å². The molecule has 0 saturated heterocycles. The Morgan fingerprint density at radius 1 is 1.05 bits per heavy atom. The first-order valence-electron chi connectivity index (χ1n) is 13.4. The van der Waals surface area contributed by atoms with Crippen LogP contribution in [0.5, 0.6) is 17.2 Å². The number of nitrogens with zero attached hydrogens (tertiary/aromatic N) is 1. The molecular weight excluding hydrogens is 542 g/mol. The summed E-state index contributed by atoms with van der Waals surface area (Å²) in [6.07, 6.45) is 1.77. The highest BCUT2D eigenvalue weighted by atomic mass is 32.1. The fourth-order valence-electron chi connectivity index (χ4n) is 4.59. The molecule has 0 aliphatic heterocycles. The van der Waals surface area contributed by atoms with Crippen molar-refractivity contribution < 1.29 is 28.9 Å². The largest absolute Gasteiger partial charge is 0.494 e. The number of nitrogens with two attached hydrogens (primary N) is 1. The normalized spacial score (nSPS) is 11.7. The van der Waals surface area contributed by atoms with E-state index in [1.807, 2.05) is 17.5 Å². The van der Waals surface area contributed by atoms with E-state index >= 15 is 0 Å². The smallest absolute Gasteiger partial charge is 0.252 e. The summed E-state index contributed by atoms with van der Waals surface area (Å²) in [7, 11) is 3.04.